The Labute approximate surface area is 75.7 Å². The van der Waals surface area contributed by atoms with Crippen LogP contribution in [0.2, 0.25) is 0 Å². The molecular formula is C10H21NO. The first-order valence-electron chi connectivity index (χ1n) is 5.04. The Bertz CT molecular complexity index is 108. The summed E-state index contributed by atoms with van der Waals surface area (Å²) in [5.41, 5.74) is 0. The van der Waals surface area contributed by atoms with Gasteiger partial charge in [0.2, 0.25) is 0 Å². The first-order chi connectivity index (χ1) is 5.84. The van der Waals surface area contributed by atoms with Gasteiger partial charge in [-0.3, -0.25) is 0 Å². The molecule has 1 rings (SSSR count). The smallest absolute Gasteiger partial charge is 0.0490 e. The van der Waals surface area contributed by atoms with Gasteiger partial charge in [-0.2, -0.15) is 0 Å². The molecule has 2 unspecified atom stereocenters. The molecule has 1 aliphatic rings. The fraction of sp³-hybridized carbons (Fsp3) is 1.00. The van der Waals surface area contributed by atoms with Crippen LogP contribution in [0.1, 0.15) is 26.2 Å². The molecule has 0 saturated carbocycles. The van der Waals surface area contributed by atoms with E-state index < -0.39 is 0 Å². The van der Waals surface area contributed by atoms with Crippen LogP contribution in [0.25, 0.3) is 0 Å². The van der Waals surface area contributed by atoms with Crippen LogP contribution in [0.15, 0.2) is 0 Å². The Kier molecular flexibility index (Phi) is 4.62. The predicted octanol–water partition coefficient (Wildman–Crippen LogP) is 1.66. The molecule has 72 valence electrons. The molecule has 1 fully saturated rings. The standard InChI is InChI=1S/C10H21NO/c1-9(8-12-2)10-5-3-4-6-11-7-10/h9-11H,3-8H2,1-2H3. The Morgan fingerprint density at radius 1 is 1.50 bits per heavy atom. The van der Waals surface area contributed by atoms with E-state index in [1.807, 2.05) is 0 Å². The maximum absolute atomic E-state index is 5.17. The van der Waals surface area contributed by atoms with E-state index in [0.717, 1.165) is 12.5 Å². The van der Waals surface area contributed by atoms with E-state index in [9.17, 15) is 0 Å². The van der Waals surface area contributed by atoms with E-state index >= 15 is 0 Å². The number of ether oxygens (including phenoxy) is 1. The number of hydrogen-bond donors (Lipinski definition) is 1. The van der Waals surface area contributed by atoms with Crippen molar-refractivity contribution < 1.29 is 4.74 Å². The molecule has 1 saturated heterocycles. The van der Waals surface area contributed by atoms with Crippen molar-refractivity contribution in [1.82, 2.24) is 5.32 Å². The summed E-state index contributed by atoms with van der Waals surface area (Å²) in [7, 11) is 1.79. The van der Waals surface area contributed by atoms with Gasteiger partial charge < -0.3 is 10.1 Å². The fourth-order valence-corrected chi connectivity index (χ4v) is 1.93. The van der Waals surface area contributed by atoms with Crippen molar-refractivity contribution in [3.8, 4) is 0 Å². The lowest BCUT2D eigenvalue weighted by atomic mass is 9.91. The van der Waals surface area contributed by atoms with Crippen molar-refractivity contribution in [1.29, 1.82) is 0 Å². The molecule has 0 radical (unpaired) electrons. The lowest BCUT2D eigenvalue weighted by molar-refractivity contribution is 0.127. The molecule has 0 amide bonds. The van der Waals surface area contributed by atoms with Crippen LogP contribution in [-0.4, -0.2) is 26.8 Å². The lowest BCUT2D eigenvalue weighted by Crippen LogP contribution is -2.27. The number of hydrogen-bond acceptors (Lipinski definition) is 2. The van der Waals surface area contributed by atoms with Crippen LogP contribution in [0.3, 0.4) is 0 Å². The van der Waals surface area contributed by atoms with Gasteiger partial charge in [-0.1, -0.05) is 13.3 Å². The van der Waals surface area contributed by atoms with Gasteiger partial charge in [-0.15, -0.1) is 0 Å². The molecule has 2 atom stereocenters. The zero-order valence-electron chi connectivity index (χ0n) is 8.31. The van der Waals surface area contributed by atoms with Gasteiger partial charge in [0.05, 0.1) is 0 Å². The molecule has 0 aromatic carbocycles. The summed E-state index contributed by atoms with van der Waals surface area (Å²) in [6, 6.07) is 0. The van der Waals surface area contributed by atoms with E-state index in [1.54, 1.807) is 7.11 Å². The molecule has 1 heterocycles. The summed E-state index contributed by atoms with van der Waals surface area (Å²) < 4.78 is 5.17. The third kappa shape index (κ3) is 3.11. The normalized spacial score (nSPS) is 28.0. The zero-order valence-corrected chi connectivity index (χ0v) is 8.31. The van der Waals surface area contributed by atoms with E-state index in [2.05, 4.69) is 12.2 Å². The molecule has 12 heavy (non-hydrogen) atoms. The number of methoxy groups -OCH3 is 1. The third-order valence-electron chi connectivity index (χ3n) is 2.82. The average molecular weight is 171 g/mol. The van der Waals surface area contributed by atoms with E-state index in [4.69, 9.17) is 4.74 Å². The van der Waals surface area contributed by atoms with Gasteiger partial charge in [0, 0.05) is 13.7 Å². The predicted molar refractivity (Wildman–Crippen MR) is 51.3 cm³/mol. The van der Waals surface area contributed by atoms with Crippen molar-refractivity contribution in [3.63, 3.8) is 0 Å². The summed E-state index contributed by atoms with van der Waals surface area (Å²) in [6.45, 7) is 5.59. The Balaban J connectivity index is 2.27. The molecule has 2 nitrogen and oxygen atoms in total. The first kappa shape index (κ1) is 10.0. The van der Waals surface area contributed by atoms with Crippen molar-refractivity contribution in [3.05, 3.63) is 0 Å². The van der Waals surface area contributed by atoms with Crippen LogP contribution in [-0.2, 0) is 4.74 Å². The van der Waals surface area contributed by atoms with Crippen molar-refractivity contribution in [2.75, 3.05) is 26.8 Å². The molecule has 0 aromatic heterocycles. The molecule has 0 bridgehead atoms. The highest BCUT2D eigenvalue weighted by Gasteiger charge is 2.18. The van der Waals surface area contributed by atoms with Gasteiger partial charge in [0.1, 0.15) is 0 Å². The Morgan fingerprint density at radius 3 is 3.08 bits per heavy atom. The molecule has 1 N–H and O–H groups in total. The largest absolute Gasteiger partial charge is 0.384 e. The Hall–Kier alpha value is -0.0800. The zero-order chi connectivity index (χ0) is 8.81. The molecular weight excluding hydrogens is 150 g/mol. The van der Waals surface area contributed by atoms with E-state index in [0.29, 0.717) is 5.92 Å². The number of rotatable bonds is 3. The summed E-state index contributed by atoms with van der Waals surface area (Å²) in [4.78, 5) is 0. The van der Waals surface area contributed by atoms with Crippen LogP contribution in [0.4, 0.5) is 0 Å². The minimum atomic E-state index is 0.709. The fourth-order valence-electron chi connectivity index (χ4n) is 1.93. The molecule has 0 spiro atoms. The SMILES string of the molecule is COCC(C)C1CCCCNC1. The third-order valence-corrected chi connectivity index (χ3v) is 2.82. The van der Waals surface area contributed by atoms with Gasteiger partial charge in [-0.05, 0) is 37.8 Å². The van der Waals surface area contributed by atoms with Crippen LogP contribution in [0.5, 0.6) is 0 Å². The monoisotopic (exact) mass is 171 g/mol. The summed E-state index contributed by atoms with van der Waals surface area (Å²) in [5.74, 6) is 1.54. The quantitative estimate of drug-likeness (QED) is 0.697. The molecule has 0 aliphatic carbocycles. The maximum atomic E-state index is 5.17. The second kappa shape index (κ2) is 5.55. The average Bonchev–Trinajstić information content (AvgIpc) is 2.32. The van der Waals surface area contributed by atoms with Crippen LogP contribution >= 0.6 is 0 Å². The topological polar surface area (TPSA) is 21.3 Å². The van der Waals surface area contributed by atoms with Crippen molar-refractivity contribution in [2.24, 2.45) is 11.8 Å². The van der Waals surface area contributed by atoms with Crippen molar-refractivity contribution in [2.45, 2.75) is 26.2 Å². The second-order valence-electron chi connectivity index (χ2n) is 3.89. The highest BCUT2D eigenvalue weighted by molar-refractivity contribution is 4.72. The van der Waals surface area contributed by atoms with Gasteiger partial charge >= 0.3 is 0 Å². The number of nitrogens with one attached hydrogen (secondary N) is 1. The van der Waals surface area contributed by atoms with E-state index in [-0.39, 0.29) is 0 Å². The summed E-state index contributed by atoms with van der Waals surface area (Å²) in [6.07, 6.45) is 4.10. The van der Waals surface area contributed by atoms with Crippen molar-refractivity contribution >= 4 is 0 Å². The van der Waals surface area contributed by atoms with Gasteiger partial charge in [-0.25, -0.2) is 0 Å². The minimum absolute atomic E-state index is 0.709. The maximum Gasteiger partial charge on any atom is 0.0490 e. The summed E-state index contributed by atoms with van der Waals surface area (Å²) >= 11 is 0. The highest BCUT2D eigenvalue weighted by atomic mass is 16.5. The van der Waals surface area contributed by atoms with E-state index in [1.165, 1.54) is 32.4 Å². The highest BCUT2D eigenvalue weighted by Crippen LogP contribution is 2.19. The van der Waals surface area contributed by atoms with Crippen LogP contribution < -0.4 is 5.32 Å². The molecule has 0 aromatic rings. The summed E-state index contributed by atoms with van der Waals surface area (Å²) in [5, 5.41) is 3.48. The second-order valence-corrected chi connectivity index (χ2v) is 3.89. The van der Waals surface area contributed by atoms with Gasteiger partial charge in [0.25, 0.3) is 0 Å². The molecule has 2 heteroatoms. The van der Waals surface area contributed by atoms with Crippen LogP contribution in [0, 0.1) is 11.8 Å². The Morgan fingerprint density at radius 2 is 2.33 bits per heavy atom. The minimum Gasteiger partial charge on any atom is -0.384 e. The van der Waals surface area contributed by atoms with Gasteiger partial charge in [0.15, 0.2) is 0 Å². The first-order valence-corrected chi connectivity index (χ1v) is 5.04. The molecule has 1 aliphatic heterocycles. The lowest BCUT2D eigenvalue weighted by Gasteiger charge is -2.21.